The van der Waals surface area contributed by atoms with Crippen molar-refractivity contribution >= 4 is 5.69 Å². The van der Waals surface area contributed by atoms with E-state index in [0.29, 0.717) is 49.2 Å². The quantitative estimate of drug-likeness (QED) is 0.614. The number of aromatic nitrogens is 6. The van der Waals surface area contributed by atoms with Crippen LogP contribution in [0.1, 0.15) is 30.7 Å². The molecule has 1 aromatic carbocycles. The standard InChI is InChI=1S/C20H23F3N8O/c1-11-9-31(4-3-30(11)10-17-25-24-12(2)32-17)16-7-13(5-14-8-20(14,22)23)6-15(21)18(16)19-26-28-29-27-19/h6-7,11,14H,3-5,8-10H2,1-2H3,(H,26,27,28,29)/t11-,14?/m0/s1. The first-order valence-electron chi connectivity index (χ1n) is 10.5. The molecule has 1 saturated carbocycles. The highest BCUT2D eigenvalue weighted by atomic mass is 19.3. The molecule has 1 saturated heterocycles. The predicted octanol–water partition coefficient (Wildman–Crippen LogP) is 2.61. The van der Waals surface area contributed by atoms with Crippen LogP contribution < -0.4 is 4.90 Å². The molecule has 0 bridgehead atoms. The lowest BCUT2D eigenvalue weighted by Gasteiger charge is -2.41. The van der Waals surface area contributed by atoms with Gasteiger partial charge in [-0.1, -0.05) is 0 Å². The Bertz CT molecular complexity index is 1100. The Labute approximate surface area is 182 Å². The molecule has 2 fully saturated rings. The molecule has 0 radical (unpaired) electrons. The number of nitrogens with zero attached hydrogens (tertiary/aromatic N) is 7. The molecule has 170 valence electrons. The number of alkyl halides is 2. The van der Waals surface area contributed by atoms with Crippen molar-refractivity contribution in [1.82, 2.24) is 35.7 Å². The lowest BCUT2D eigenvalue weighted by Crippen LogP contribution is -2.51. The minimum absolute atomic E-state index is 0.105. The maximum absolute atomic E-state index is 15.2. The van der Waals surface area contributed by atoms with E-state index in [0.717, 1.165) is 0 Å². The summed E-state index contributed by atoms with van der Waals surface area (Å²) in [7, 11) is 0. The fraction of sp³-hybridized carbons (Fsp3) is 0.550. The number of hydrogen-bond donors (Lipinski definition) is 1. The van der Waals surface area contributed by atoms with Gasteiger partial charge in [-0.3, -0.25) is 4.90 Å². The second-order valence-electron chi connectivity index (χ2n) is 8.55. The van der Waals surface area contributed by atoms with Crippen molar-refractivity contribution in [1.29, 1.82) is 0 Å². The maximum Gasteiger partial charge on any atom is 0.251 e. The number of nitrogens with one attached hydrogen (secondary N) is 1. The number of piperazine rings is 1. The Kier molecular flexibility index (Phi) is 5.11. The van der Waals surface area contributed by atoms with Gasteiger partial charge in [0.1, 0.15) is 5.82 Å². The highest BCUT2D eigenvalue weighted by Gasteiger charge is 2.56. The van der Waals surface area contributed by atoms with Gasteiger partial charge >= 0.3 is 0 Å². The third-order valence-electron chi connectivity index (χ3n) is 6.15. The normalized spacial score (nSPS) is 23.0. The zero-order valence-electron chi connectivity index (χ0n) is 17.7. The molecule has 9 nitrogen and oxygen atoms in total. The van der Waals surface area contributed by atoms with E-state index in [1.54, 1.807) is 13.0 Å². The molecule has 1 N–H and O–H groups in total. The Morgan fingerprint density at radius 3 is 2.66 bits per heavy atom. The first-order valence-corrected chi connectivity index (χ1v) is 10.5. The third-order valence-corrected chi connectivity index (χ3v) is 6.15. The van der Waals surface area contributed by atoms with Crippen LogP contribution >= 0.6 is 0 Å². The van der Waals surface area contributed by atoms with Gasteiger partial charge in [-0.25, -0.2) is 13.2 Å². The van der Waals surface area contributed by atoms with E-state index in [-0.39, 0.29) is 30.3 Å². The number of benzene rings is 1. The van der Waals surface area contributed by atoms with Crippen LogP contribution in [0.2, 0.25) is 0 Å². The van der Waals surface area contributed by atoms with Crippen LogP contribution in [0.5, 0.6) is 0 Å². The van der Waals surface area contributed by atoms with Crippen molar-refractivity contribution in [2.24, 2.45) is 5.92 Å². The number of H-pyrrole nitrogens is 1. The summed E-state index contributed by atoms with van der Waals surface area (Å²) >= 11 is 0. The summed E-state index contributed by atoms with van der Waals surface area (Å²) in [5.74, 6) is -2.73. The molecular formula is C20H23F3N8O. The van der Waals surface area contributed by atoms with E-state index in [4.69, 9.17) is 4.42 Å². The zero-order chi connectivity index (χ0) is 22.5. The molecule has 2 aromatic heterocycles. The second kappa shape index (κ2) is 7.84. The van der Waals surface area contributed by atoms with Gasteiger partial charge < -0.3 is 9.32 Å². The number of aryl methyl sites for hydroxylation is 1. The van der Waals surface area contributed by atoms with Crippen molar-refractivity contribution in [3.05, 3.63) is 35.3 Å². The lowest BCUT2D eigenvalue weighted by atomic mass is 10.0. The van der Waals surface area contributed by atoms with E-state index in [1.165, 1.54) is 6.07 Å². The van der Waals surface area contributed by atoms with Crippen molar-refractivity contribution in [3.8, 4) is 11.4 Å². The summed E-state index contributed by atoms with van der Waals surface area (Å²) in [6, 6.07) is 3.20. The van der Waals surface area contributed by atoms with E-state index < -0.39 is 17.7 Å². The van der Waals surface area contributed by atoms with Crippen LogP contribution in [-0.4, -0.2) is 67.3 Å². The summed E-state index contributed by atoms with van der Waals surface area (Å²) in [5, 5.41) is 21.7. The Balaban J connectivity index is 1.40. The molecule has 1 unspecified atom stereocenters. The summed E-state index contributed by atoms with van der Waals surface area (Å²) in [4.78, 5) is 4.26. The van der Waals surface area contributed by atoms with Crippen LogP contribution in [-0.2, 0) is 13.0 Å². The van der Waals surface area contributed by atoms with Crippen LogP contribution in [0.15, 0.2) is 16.5 Å². The summed E-state index contributed by atoms with van der Waals surface area (Å²) in [6.45, 7) is 6.22. The van der Waals surface area contributed by atoms with Gasteiger partial charge in [-0.05, 0) is 36.3 Å². The molecule has 3 heterocycles. The fourth-order valence-corrected chi connectivity index (χ4v) is 4.30. The molecular weight excluding hydrogens is 425 g/mol. The summed E-state index contributed by atoms with van der Waals surface area (Å²) in [6.07, 6.45) is -0.0170. The molecule has 3 aromatic rings. The third kappa shape index (κ3) is 4.06. The number of rotatable bonds is 6. The average Bonchev–Trinajstić information content (AvgIpc) is 3.14. The van der Waals surface area contributed by atoms with Crippen LogP contribution in [0.25, 0.3) is 11.4 Å². The van der Waals surface area contributed by atoms with E-state index in [1.807, 2.05) is 4.90 Å². The van der Waals surface area contributed by atoms with E-state index in [2.05, 4.69) is 42.6 Å². The number of anilines is 1. The van der Waals surface area contributed by atoms with Crippen molar-refractivity contribution in [2.45, 2.75) is 45.2 Å². The van der Waals surface area contributed by atoms with Gasteiger partial charge in [-0.2, -0.15) is 5.21 Å². The fourth-order valence-electron chi connectivity index (χ4n) is 4.30. The smallest absolute Gasteiger partial charge is 0.251 e. The van der Waals surface area contributed by atoms with Crippen molar-refractivity contribution < 1.29 is 17.6 Å². The maximum atomic E-state index is 15.2. The van der Waals surface area contributed by atoms with Gasteiger partial charge in [0.25, 0.3) is 5.92 Å². The van der Waals surface area contributed by atoms with E-state index >= 15 is 4.39 Å². The molecule has 0 spiro atoms. The van der Waals surface area contributed by atoms with Gasteiger partial charge in [-0.15, -0.1) is 20.4 Å². The predicted molar refractivity (Wildman–Crippen MR) is 107 cm³/mol. The first-order chi connectivity index (χ1) is 15.3. The SMILES string of the molecule is Cc1nnc(CN2CCN(c3cc(CC4CC4(F)F)cc(F)c3-c3nn[nH]n3)C[C@@H]2C)o1. The Morgan fingerprint density at radius 1 is 1.22 bits per heavy atom. The lowest BCUT2D eigenvalue weighted by molar-refractivity contribution is 0.0989. The minimum Gasteiger partial charge on any atom is -0.424 e. The molecule has 2 aliphatic rings. The number of tetrazole rings is 1. The Hall–Kier alpha value is -3.02. The topological polar surface area (TPSA) is 99.9 Å². The molecule has 5 rings (SSSR count). The second-order valence-corrected chi connectivity index (χ2v) is 8.55. The monoisotopic (exact) mass is 448 g/mol. The van der Waals surface area contributed by atoms with Gasteiger partial charge in [0.15, 0.2) is 0 Å². The van der Waals surface area contributed by atoms with Crippen molar-refractivity contribution in [2.75, 3.05) is 24.5 Å². The molecule has 32 heavy (non-hydrogen) atoms. The summed E-state index contributed by atoms with van der Waals surface area (Å²) in [5.41, 5.74) is 1.35. The van der Waals surface area contributed by atoms with Crippen LogP contribution in [0, 0.1) is 18.7 Å². The summed E-state index contributed by atoms with van der Waals surface area (Å²) < 4.78 is 47.6. The largest absolute Gasteiger partial charge is 0.424 e. The van der Waals surface area contributed by atoms with Crippen LogP contribution in [0.3, 0.4) is 0 Å². The zero-order valence-corrected chi connectivity index (χ0v) is 17.7. The molecule has 12 heteroatoms. The highest BCUT2D eigenvalue weighted by molar-refractivity contribution is 5.76. The molecule has 2 atom stereocenters. The first kappa shape index (κ1) is 20.9. The van der Waals surface area contributed by atoms with Gasteiger partial charge in [0, 0.05) is 44.9 Å². The number of halogens is 3. The molecule has 1 aliphatic heterocycles. The Morgan fingerprint density at radius 2 is 2.03 bits per heavy atom. The number of hydrogen-bond acceptors (Lipinski definition) is 8. The highest BCUT2D eigenvalue weighted by Crippen LogP contribution is 2.50. The van der Waals surface area contributed by atoms with Crippen molar-refractivity contribution in [3.63, 3.8) is 0 Å². The molecule has 1 aliphatic carbocycles. The van der Waals surface area contributed by atoms with Gasteiger partial charge in [0.2, 0.25) is 17.6 Å². The minimum atomic E-state index is -2.66. The molecule has 0 amide bonds. The van der Waals surface area contributed by atoms with Crippen LogP contribution in [0.4, 0.5) is 18.9 Å². The van der Waals surface area contributed by atoms with Gasteiger partial charge in [0.05, 0.1) is 17.8 Å². The average molecular weight is 448 g/mol. The number of aromatic amines is 1. The van der Waals surface area contributed by atoms with E-state index in [9.17, 15) is 8.78 Å².